The molecule has 0 saturated carbocycles. The van der Waals surface area contributed by atoms with E-state index in [2.05, 4.69) is 5.32 Å². The fourth-order valence-corrected chi connectivity index (χ4v) is 1.33. The molecule has 1 amide bonds. The van der Waals surface area contributed by atoms with Crippen LogP contribution in [-0.2, 0) is 9.53 Å². The van der Waals surface area contributed by atoms with Crippen molar-refractivity contribution in [3.05, 3.63) is 0 Å². The summed E-state index contributed by atoms with van der Waals surface area (Å²) in [4.78, 5) is 13.1. The third-order valence-corrected chi connectivity index (χ3v) is 2.02. The minimum absolute atomic E-state index is 0.0205. The molecule has 1 heterocycles. The van der Waals surface area contributed by atoms with E-state index in [9.17, 15) is 4.79 Å². The topological polar surface area (TPSA) is 67.6 Å². The smallest absolute Gasteiger partial charge is 0.233 e. The Kier molecular flexibility index (Phi) is 4.14. The van der Waals surface area contributed by atoms with Gasteiger partial charge in [0.2, 0.25) is 5.91 Å². The number of likely N-dealkylation sites (N-methyl/N-ethyl adjacent to an activating group) is 1. The van der Waals surface area contributed by atoms with E-state index in [0.717, 1.165) is 13.1 Å². The zero-order valence-electron chi connectivity index (χ0n) is 7.95. The van der Waals surface area contributed by atoms with Gasteiger partial charge in [-0.15, -0.1) is 0 Å². The van der Waals surface area contributed by atoms with Gasteiger partial charge >= 0.3 is 0 Å². The molecule has 1 saturated heterocycles. The van der Waals surface area contributed by atoms with Gasteiger partial charge in [0.05, 0.1) is 19.8 Å². The highest BCUT2D eigenvalue weighted by atomic mass is 16.5. The second kappa shape index (κ2) is 5.16. The van der Waals surface area contributed by atoms with Crippen molar-refractivity contribution in [1.82, 2.24) is 10.2 Å². The summed E-state index contributed by atoms with van der Waals surface area (Å²) in [7, 11) is 1.64. The lowest BCUT2D eigenvalue weighted by Gasteiger charge is -2.19. The molecule has 0 aromatic rings. The number of amides is 1. The van der Waals surface area contributed by atoms with E-state index in [0.29, 0.717) is 19.8 Å². The Hall–Kier alpha value is -0.650. The van der Waals surface area contributed by atoms with Gasteiger partial charge in [0.25, 0.3) is 0 Å². The van der Waals surface area contributed by atoms with E-state index >= 15 is 0 Å². The Morgan fingerprint density at radius 3 is 3.23 bits per heavy atom. The molecule has 1 atom stereocenters. The molecule has 1 rings (SSSR count). The fraction of sp³-hybridized carbons (Fsp3) is 0.875. The van der Waals surface area contributed by atoms with Crippen LogP contribution in [0.15, 0.2) is 0 Å². The van der Waals surface area contributed by atoms with E-state index in [1.165, 1.54) is 0 Å². The van der Waals surface area contributed by atoms with Gasteiger partial charge in [-0.25, -0.2) is 0 Å². The molecule has 13 heavy (non-hydrogen) atoms. The first-order valence-electron chi connectivity index (χ1n) is 4.48. The third-order valence-electron chi connectivity index (χ3n) is 2.02. The van der Waals surface area contributed by atoms with Crippen molar-refractivity contribution < 1.29 is 9.53 Å². The summed E-state index contributed by atoms with van der Waals surface area (Å²) in [6.07, 6.45) is 0. The fourth-order valence-electron chi connectivity index (χ4n) is 1.33. The normalized spacial score (nSPS) is 25.2. The summed E-state index contributed by atoms with van der Waals surface area (Å²) in [6, 6.07) is 0.0205. The molecule has 1 aliphatic rings. The molecule has 0 aliphatic carbocycles. The molecule has 5 heteroatoms. The molecular weight excluding hydrogens is 170 g/mol. The summed E-state index contributed by atoms with van der Waals surface area (Å²) in [5.74, 6) is 0.0223. The standard InChI is InChI=1S/C8H17N3O2/c1-10-8(12)5-11-2-3-13-6-7(9)4-11/h7H,2-6,9H2,1H3,(H,10,12). The predicted molar refractivity (Wildman–Crippen MR) is 49.3 cm³/mol. The van der Waals surface area contributed by atoms with Gasteiger partial charge in [0.15, 0.2) is 0 Å². The molecule has 5 nitrogen and oxygen atoms in total. The summed E-state index contributed by atoms with van der Waals surface area (Å²) in [5, 5.41) is 2.59. The Bertz CT molecular complexity index is 175. The molecule has 1 unspecified atom stereocenters. The maximum atomic E-state index is 11.1. The van der Waals surface area contributed by atoms with Crippen LogP contribution in [0.3, 0.4) is 0 Å². The van der Waals surface area contributed by atoms with Crippen LogP contribution in [0.5, 0.6) is 0 Å². The van der Waals surface area contributed by atoms with Gasteiger partial charge in [0, 0.05) is 26.2 Å². The van der Waals surface area contributed by atoms with E-state index in [4.69, 9.17) is 10.5 Å². The van der Waals surface area contributed by atoms with E-state index < -0.39 is 0 Å². The van der Waals surface area contributed by atoms with Gasteiger partial charge in [-0.05, 0) is 0 Å². The van der Waals surface area contributed by atoms with Gasteiger partial charge in [-0.1, -0.05) is 0 Å². The summed E-state index contributed by atoms with van der Waals surface area (Å²) in [5.41, 5.74) is 5.74. The Balaban J connectivity index is 2.34. The van der Waals surface area contributed by atoms with Gasteiger partial charge in [-0.3, -0.25) is 9.69 Å². The van der Waals surface area contributed by atoms with Gasteiger partial charge in [-0.2, -0.15) is 0 Å². The van der Waals surface area contributed by atoms with E-state index in [-0.39, 0.29) is 11.9 Å². The zero-order valence-corrected chi connectivity index (χ0v) is 7.95. The minimum atomic E-state index is 0.0205. The van der Waals surface area contributed by atoms with Crippen molar-refractivity contribution in [2.75, 3.05) is 39.9 Å². The maximum Gasteiger partial charge on any atom is 0.233 e. The highest BCUT2D eigenvalue weighted by molar-refractivity contribution is 5.77. The molecule has 3 N–H and O–H groups in total. The lowest BCUT2D eigenvalue weighted by molar-refractivity contribution is -0.121. The lowest BCUT2D eigenvalue weighted by Crippen LogP contribution is -2.42. The predicted octanol–water partition coefficient (Wildman–Crippen LogP) is -1.61. The number of hydrogen-bond acceptors (Lipinski definition) is 4. The largest absolute Gasteiger partial charge is 0.378 e. The van der Waals surface area contributed by atoms with Crippen LogP contribution in [0.1, 0.15) is 0 Å². The second-order valence-electron chi connectivity index (χ2n) is 3.24. The first kappa shape index (κ1) is 10.4. The first-order chi connectivity index (χ1) is 6.22. The molecule has 0 aromatic carbocycles. The molecule has 76 valence electrons. The van der Waals surface area contributed by atoms with Crippen LogP contribution in [0, 0.1) is 0 Å². The average molecular weight is 187 g/mol. The highest BCUT2D eigenvalue weighted by Crippen LogP contribution is 1.97. The van der Waals surface area contributed by atoms with Crippen LogP contribution in [-0.4, -0.2) is 56.7 Å². The molecule has 0 bridgehead atoms. The molecule has 0 radical (unpaired) electrons. The number of carbonyl (C=O) groups excluding carboxylic acids is 1. The lowest BCUT2D eigenvalue weighted by atomic mass is 10.3. The molecule has 1 aliphatic heterocycles. The number of nitrogens with one attached hydrogen (secondary N) is 1. The number of hydrogen-bond donors (Lipinski definition) is 2. The highest BCUT2D eigenvalue weighted by Gasteiger charge is 2.16. The quantitative estimate of drug-likeness (QED) is 0.546. The number of rotatable bonds is 2. The second-order valence-corrected chi connectivity index (χ2v) is 3.24. The average Bonchev–Trinajstić information content (AvgIpc) is 2.30. The maximum absolute atomic E-state index is 11.1. The Labute approximate surface area is 78.2 Å². The van der Waals surface area contributed by atoms with E-state index in [1.54, 1.807) is 7.05 Å². The van der Waals surface area contributed by atoms with Gasteiger partial charge in [0.1, 0.15) is 0 Å². The number of ether oxygens (including phenoxy) is 1. The molecule has 1 fully saturated rings. The Morgan fingerprint density at radius 1 is 1.77 bits per heavy atom. The van der Waals surface area contributed by atoms with Crippen molar-refractivity contribution >= 4 is 5.91 Å². The number of carbonyl (C=O) groups is 1. The van der Waals surface area contributed by atoms with Crippen molar-refractivity contribution in [2.45, 2.75) is 6.04 Å². The monoisotopic (exact) mass is 187 g/mol. The van der Waals surface area contributed by atoms with Crippen LogP contribution in [0.2, 0.25) is 0 Å². The number of nitrogens with zero attached hydrogens (tertiary/aromatic N) is 1. The van der Waals surface area contributed by atoms with Crippen molar-refractivity contribution in [2.24, 2.45) is 5.73 Å². The van der Waals surface area contributed by atoms with Crippen LogP contribution in [0.25, 0.3) is 0 Å². The number of nitrogens with two attached hydrogens (primary N) is 1. The van der Waals surface area contributed by atoms with E-state index in [1.807, 2.05) is 4.90 Å². The van der Waals surface area contributed by atoms with Crippen molar-refractivity contribution in [3.63, 3.8) is 0 Å². The summed E-state index contributed by atoms with van der Waals surface area (Å²) >= 11 is 0. The zero-order chi connectivity index (χ0) is 9.68. The minimum Gasteiger partial charge on any atom is -0.378 e. The first-order valence-corrected chi connectivity index (χ1v) is 4.48. The van der Waals surface area contributed by atoms with Crippen molar-refractivity contribution in [3.8, 4) is 0 Å². The molecule has 0 aromatic heterocycles. The van der Waals surface area contributed by atoms with Crippen molar-refractivity contribution in [1.29, 1.82) is 0 Å². The molecule has 0 spiro atoms. The summed E-state index contributed by atoms with van der Waals surface area (Å²) < 4.78 is 5.25. The molecular formula is C8H17N3O2. The van der Waals surface area contributed by atoms with Crippen LogP contribution < -0.4 is 11.1 Å². The van der Waals surface area contributed by atoms with Crippen LogP contribution >= 0.6 is 0 Å². The van der Waals surface area contributed by atoms with Gasteiger partial charge < -0.3 is 15.8 Å². The summed E-state index contributed by atoms with van der Waals surface area (Å²) in [6.45, 7) is 3.16. The SMILES string of the molecule is CNC(=O)CN1CCOCC(N)C1. The van der Waals surface area contributed by atoms with Crippen LogP contribution in [0.4, 0.5) is 0 Å². The Morgan fingerprint density at radius 2 is 2.54 bits per heavy atom. The third kappa shape index (κ3) is 3.71.